The lowest BCUT2D eigenvalue weighted by atomic mass is 10.2. The van der Waals surface area contributed by atoms with Crippen LogP contribution < -0.4 is 24.3 Å². The summed E-state index contributed by atoms with van der Waals surface area (Å²) in [5, 5.41) is 2.90. The van der Waals surface area contributed by atoms with Crippen LogP contribution >= 0.6 is 0 Å². The summed E-state index contributed by atoms with van der Waals surface area (Å²) >= 11 is 0. The van der Waals surface area contributed by atoms with Crippen LogP contribution in [0.3, 0.4) is 0 Å². The molecule has 1 amide bonds. The predicted molar refractivity (Wildman–Crippen MR) is 92.1 cm³/mol. The fourth-order valence-electron chi connectivity index (χ4n) is 2.43. The monoisotopic (exact) mass is 343 g/mol. The molecule has 0 unspecified atom stereocenters. The van der Waals surface area contributed by atoms with Crippen molar-refractivity contribution in [1.82, 2.24) is 5.32 Å². The molecule has 0 spiro atoms. The highest BCUT2D eigenvalue weighted by atomic mass is 16.7. The summed E-state index contributed by atoms with van der Waals surface area (Å²) < 4.78 is 21.3. The van der Waals surface area contributed by atoms with E-state index in [-0.39, 0.29) is 12.7 Å². The molecule has 2 aromatic rings. The molecule has 1 aliphatic rings. The number of carbonyl (C=O) groups is 1. The number of benzene rings is 2. The summed E-state index contributed by atoms with van der Waals surface area (Å²) in [5.74, 6) is 3.01. The van der Waals surface area contributed by atoms with Gasteiger partial charge in [-0.1, -0.05) is 6.07 Å². The van der Waals surface area contributed by atoms with E-state index in [0.717, 1.165) is 28.6 Å². The molecule has 1 N–H and O–H groups in total. The molecule has 1 heterocycles. The van der Waals surface area contributed by atoms with E-state index in [0.29, 0.717) is 26.0 Å². The van der Waals surface area contributed by atoms with Gasteiger partial charge < -0.3 is 24.3 Å². The first-order valence-corrected chi connectivity index (χ1v) is 8.16. The number of hydrogen-bond acceptors (Lipinski definition) is 5. The van der Waals surface area contributed by atoms with E-state index in [1.165, 1.54) is 0 Å². The Labute approximate surface area is 146 Å². The van der Waals surface area contributed by atoms with Crippen LogP contribution in [-0.4, -0.2) is 26.4 Å². The first-order valence-electron chi connectivity index (χ1n) is 8.16. The van der Waals surface area contributed by atoms with E-state index in [4.69, 9.17) is 18.9 Å². The maximum Gasteiger partial charge on any atom is 0.231 e. The van der Waals surface area contributed by atoms with Crippen LogP contribution in [0.2, 0.25) is 0 Å². The number of methoxy groups -OCH3 is 1. The smallest absolute Gasteiger partial charge is 0.231 e. The highest BCUT2D eigenvalue weighted by Crippen LogP contribution is 2.32. The summed E-state index contributed by atoms with van der Waals surface area (Å²) in [6.45, 7) is 1.21. The maximum atomic E-state index is 11.9. The molecular formula is C19H21NO5. The molecule has 132 valence electrons. The third-order valence-corrected chi connectivity index (χ3v) is 3.80. The zero-order chi connectivity index (χ0) is 17.5. The topological polar surface area (TPSA) is 66.0 Å². The zero-order valence-corrected chi connectivity index (χ0v) is 14.1. The average Bonchev–Trinajstić information content (AvgIpc) is 3.12. The van der Waals surface area contributed by atoms with Gasteiger partial charge in [-0.25, -0.2) is 0 Å². The van der Waals surface area contributed by atoms with E-state index in [1.54, 1.807) is 7.11 Å². The second-order valence-electron chi connectivity index (χ2n) is 5.59. The molecule has 0 saturated heterocycles. The Bertz CT molecular complexity index is 714. The second kappa shape index (κ2) is 8.28. The van der Waals surface area contributed by atoms with E-state index in [2.05, 4.69) is 5.32 Å². The number of amides is 1. The molecule has 6 nitrogen and oxygen atoms in total. The van der Waals surface area contributed by atoms with E-state index in [1.807, 2.05) is 42.5 Å². The van der Waals surface area contributed by atoms with Crippen LogP contribution in [0, 0.1) is 0 Å². The molecular weight excluding hydrogens is 322 g/mol. The standard InChI is InChI=1S/C19H21NO5/c1-22-15-5-7-16(8-6-15)23-10-2-3-19(21)20-12-14-4-9-17-18(11-14)25-13-24-17/h4-9,11H,2-3,10,12-13H2,1H3,(H,20,21). The number of ether oxygens (including phenoxy) is 4. The molecule has 1 aliphatic heterocycles. The fourth-order valence-corrected chi connectivity index (χ4v) is 2.43. The second-order valence-corrected chi connectivity index (χ2v) is 5.59. The van der Waals surface area contributed by atoms with Crippen molar-refractivity contribution in [2.45, 2.75) is 19.4 Å². The number of carbonyl (C=O) groups excluding carboxylic acids is 1. The lowest BCUT2D eigenvalue weighted by Crippen LogP contribution is -2.22. The SMILES string of the molecule is COc1ccc(OCCCC(=O)NCc2ccc3c(c2)OCO3)cc1. The summed E-state index contributed by atoms with van der Waals surface area (Å²) in [6.07, 6.45) is 1.07. The maximum absolute atomic E-state index is 11.9. The Morgan fingerprint density at radius 3 is 2.64 bits per heavy atom. The quantitative estimate of drug-likeness (QED) is 0.747. The van der Waals surface area contributed by atoms with Gasteiger partial charge in [0.15, 0.2) is 11.5 Å². The molecule has 0 fully saturated rings. The van der Waals surface area contributed by atoms with Crippen LogP contribution in [0.5, 0.6) is 23.0 Å². The number of hydrogen-bond donors (Lipinski definition) is 1. The molecule has 6 heteroatoms. The van der Waals surface area contributed by atoms with Gasteiger partial charge in [0.05, 0.1) is 13.7 Å². The van der Waals surface area contributed by atoms with Crippen molar-refractivity contribution in [3.63, 3.8) is 0 Å². The van der Waals surface area contributed by atoms with Crippen molar-refractivity contribution in [3.05, 3.63) is 48.0 Å². The van der Waals surface area contributed by atoms with Crippen LogP contribution in [0.1, 0.15) is 18.4 Å². The zero-order valence-electron chi connectivity index (χ0n) is 14.1. The minimum absolute atomic E-state index is 0.00371. The Morgan fingerprint density at radius 2 is 1.84 bits per heavy atom. The third kappa shape index (κ3) is 4.79. The Hall–Kier alpha value is -2.89. The molecule has 2 aromatic carbocycles. The van der Waals surface area contributed by atoms with Gasteiger partial charge in [-0.05, 0) is 48.4 Å². The van der Waals surface area contributed by atoms with Crippen molar-refractivity contribution < 1.29 is 23.7 Å². The minimum Gasteiger partial charge on any atom is -0.497 e. The number of nitrogens with one attached hydrogen (secondary N) is 1. The summed E-state index contributed by atoms with van der Waals surface area (Å²) in [4.78, 5) is 11.9. The van der Waals surface area contributed by atoms with E-state index < -0.39 is 0 Å². The molecule has 0 bridgehead atoms. The summed E-state index contributed by atoms with van der Waals surface area (Å²) in [5.41, 5.74) is 0.979. The highest BCUT2D eigenvalue weighted by molar-refractivity contribution is 5.75. The van der Waals surface area contributed by atoms with Gasteiger partial charge in [0.1, 0.15) is 11.5 Å². The van der Waals surface area contributed by atoms with Gasteiger partial charge in [-0.3, -0.25) is 4.79 Å². The normalized spacial score (nSPS) is 11.9. The highest BCUT2D eigenvalue weighted by Gasteiger charge is 2.13. The van der Waals surface area contributed by atoms with Crippen molar-refractivity contribution in [2.24, 2.45) is 0 Å². The van der Waals surface area contributed by atoms with Crippen LogP contribution in [0.25, 0.3) is 0 Å². The van der Waals surface area contributed by atoms with Crippen molar-refractivity contribution in [3.8, 4) is 23.0 Å². The lowest BCUT2D eigenvalue weighted by molar-refractivity contribution is -0.121. The first kappa shape index (κ1) is 17.0. The number of fused-ring (bicyclic) bond motifs is 1. The summed E-state index contributed by atoms with van der Waals surface area (Å²) in [6, 6.07) is 13.0. The van der Waals surface area contributed by atoms with Crippen LogP contribution in [-0.2, 0) is 11.3 Å². The third-order valence-electron chi connectivity index (χ3n) is 3.80. The Balaban J connectivity index is 1.34. The predicted octanol–water partition coefficient (Wildman–Crippen LogP) is 2.90. The first-order chi connectivity index (χ1) is 12.2. The Morgan fingerprint density at radius 1 is 1.08 bits per heavy atom. The van der Waals surface area contributed by atoms with Gasteiger partial charge in [-0.15, -0.1) is 0 Å². The Kier molecular flexibility index (Phi) is 5.61. The molecule has 3 rings (SSSR count). The fraction of sp³-hybridized carbons (Fsp3) is 0.316. The largest absolute Gasteiger partial charge is 0.497 e. The van der Waals surface area contributed by atoms with Gasteiger partial charge in [0, 0.05) is 13.0 Å². The summed E-state index contributed by atoms with van der Waals surface area (Å²) in [7, 11) is 1.62. The lowest BCUT2D eigenvalue weighted by Gasteiger charge is -2.08. The van der Waals surface area contributed by atoms with E-state index in [9.17, 15) is 4.79 Å². The van der Waals surface area contributed by atoms with Crippen molar-refractivity contribution in [2.75, 3.05) is 20.5 Å². The average molecular weight is 343 g/mol. The van der Waals surface area contributed by atoms with Gasteiger partial charge in [0.2, 0.25) is 12.7 Å². The van der Waals surface area contributed by atoms with Crippen molar-refractivity contribution in [1.29, 1.82) is 0 Å². The minimum atomic E-state index is -0.00371. The van der Waals surface area contributed by atoms with Gasteiger partial charge >= 0.3 is 0 Å². The molecule has 25 heavy (non-hydrogen) atoms. The van der Waals surface area contributed by atoms with E-state index >= 15 is 0 Å². The van der Waals surface area contributed by atoms with Gasteiger partial charge in [-0.2, -0.15) is 0 Å². The molecule has 0 radical (unpaired) electrons. The van der Waals surface area contributed by atoms with Gasteiger partial charge in [0.25, 0.3) is 0 Å². The number of rotatable bonds is 8. The molecule has 0 saturated carbocycles. The molecule has 0 aromatic heterocycles. The van der Waals surface area contributed by atoms with Crippen molar-refractivity contribution >= 4 is 5.91 Å². The molecule has 0 aliphatic carbocycles. The van der Waals surface area contributed by atoms with Crippen LogP contribution in [0.15, 0.2) is 42.5 Å². The molecule has 0 atom stereocenters. The van der Waals surface area contributed by atoms with Crippen LogP contribution in [0.4, 0.5) is 0 Å².